The Kier molecular flexibility index (Phi) is 7.72. The maximum absolute atomic E-state index is 11.6. The zero-order valence-corrected chi connectivity index (χ0v) is 16.6. The first kappa shape index (κ1) is 20.8. The number of nitrogens with two attached hydrogens (primary N) is 1. The van der Waals surface area contributed by atoms with Crippen molar-refractivity contribution >= 4 is 52.5 Å². The third kappa shape index (κ3) is 6.32. The van der Waals surface area contributed by atoms with Gasteiger partial charge in [0.1, 0.15) is 6.61 Å². The van der Waals surface area contributed by atoms with Crippen LogP contribution in [-0.2, 0) is 11.4 Å². The number of halogens is 2. The lowest BCUT2D eigenvalue weighted by Crippen LogP contribution is -2.43. The summed E-state index contributed by atoms with van der Waals surface area (Å²) in [4.78, 5) is 11.6. The third-order valence-electron chi connectivity index (χ3n) is 3.36. The van der Waals surface area contributed by atoms with Crippen LogP contribution in [0, 0.1) is 0 Å². The lowest BCUT2D eigenvalue weighted by Gasteiger charge is -2.13. The first-order valence-corrected chi connectivity index (χ1v) is 8.84. The fraction of sp³-hybridized carbons (Fsp3) is 0.111. The Labute approximate surface area is 172 Å². The number of nitrogens with one attached hydrogen (secondary N) is 2. The molecule has 0 fully saturated rings. The van der Waals surface area contributed by atoms with Crippen molar-refractivity contribution in [1.82, 2.24) is 10.9 Å². The lowest BCUT2D eigenvalue weighted by molar-refractivity contribution is -0.116. The number of benzene rings is 2. The predicted octanol–water partition coefficient (Wildman–Crippen LogP) is 3.46. The Hall–Kier alpha value is -2.48. The number of carbonyl (C=O) groups excluding carboxylic acids is 1. The van der Waals surface area contributed by atoms with E-state index < -0.39 is 5.91 Å². The van der Waals surface area contributed by atoms with Gasteiger partial charge in [-0.3, -0.25) is 15.6 Å². The predicted molar refractivity (Wildman–Crippen MR) is 111 cm³/mol. The summed E-state index contributed by atoms with van der Waals surface area (Å²) in [6.07, 6.45) is 2.93. The second-order valence-corrected chi connectivity index (χ2v) is 6.47. The highest BCUT2D eigenvalue weighted by atomic mass is 35.5. The molecule has 9 heteroatoms. The van der Waals surface area contributed by atoms with Crippen molar-refractivity contribution in [2.24, 2.45) is 5.73 Å². The topological polar surface area (TPSA) is 85.6 Å². The minimum absolute atomic E-state index is 0.0291. The van der Waals surface area contributed by atoms with E-state index in [2.05, 4.69) is 23.1 Å². The van der Waals surface area contributed by atoms with Gasteiger partial charge < -0.3 is 15.2 Å². The molecule has 0 aromatic heterocycles. The Balaban J connectivity index is 2.07. The zero-order valence-electron chi connectivity index (χ0n) is 14.3. The summed E-state index contributed by atoms with van der Waals surface area (Å²) in [7, 11) is 1.52. The summed E-state index contributed by atoms with van der Waals surface area (Å²) < 4.78 is 11.1. The molecule has 0 aliphatic heterocycles. The smallest absolute Gasteiger partial charge is 0.262 e. The highest BCUT2D eigenvalue weighted by Crippen LogP contribution is 2.31. The molecule has 27 heavy (non-hydrogen) atoms. The molecule has 0 saturated heterocycles. The molecule has 1 amide bonds. The minimum Gasteiger partial charge on any atom is -0.493 e. The summed E-state index contributed by atoms with van der Waals surface area (Å²) in [6, 6.07) is 10.5. The second kappa shape index (κ2) is 10.0. The number of hydrazine groups is 1. The second-order valence-electron chi connectivity index (χ2n) is 5.21. The van der Waals surface area contributed by atoms with Gasteiger partial charge in [-0.05, 0) is 48.1 Å². The highest BCUT2D eigenvalue weighted by molar-refractivity contribution is 7.80. The molecule has 142 valence electrons. The summed E-state index contributed by atoms with van der Waals surface area (Å²) in [5.41, 5.74) is 11.3. The van der Waals surface area contributed by atoms with Crippen molar-refractivity contribution < 1.29 is 14.3 Å². The van der Waals surface area contributed by atoms with Crippen LogP contribution in [0.15, 0.2) is 42.5 Å². The first-order valence-electron chi connectivity index (χ1n) is 7.68. The van der Waals surface area contributed by atoms with E-state index in [9.17, 15) is 4.79 Å². The van der Waals surface area contributed by atoms with Crippen LogP contribution in [0.3, 0.4) is 0 Å². The van der Waals surface area contributed by atoms with Crippen molar-refractivity contribution in [3.05, 3.63) is 63.6 Å². The van der Waals surface area contributed by atoms with Gasteiger partial charge in [-0.15, -0.1) is 0 Å². The van der Waals surface area contributed by atoms with Crippen molar-refractivity contribution in [2.45, 2.75) is 6.61 Å². The molecule has 0 atom stereocenters. The fourth-order valence-electron chi connectivity index (χ4n) is 2.06. The minimum atomic E-state index is -0.407. The molecule has 2 aromatic rings. The largest absolute Gasteiger partial charge is 0.493 e. The monoisotopic (exact) mass is 425 g/mol. The van der Waals surface area contributed by atoms with Crippen LogP contribution in [0.4, 0.5) is 0 Å². The van der Waals surface area contributed by atoms with Crippen LogP contribution in [0.1, 0.15) is 11.1 Å². The molecule has 6 nitrogen and oxygen atoms in total. The third-order valence-corrected chi connectivity index (χ3v) is 4.17. The van der Waals surface area contributed by atoms with Gasteiger partial charge >= 0.3 is 0 Å². The molecule has 0 saturated carbocycles. The summed E-state index contributed by atoms with van der Waals surface area (Å²) in [6.45, 7) is 0.192. The van der Waals surface area contributed by atoms with Crippen molar-refractivity contribution in [2.75, 3.05) is 7.11 Å². The molecular formula is C18H17Cl2N3O3S. The molecule has 0 radical (unpaired) electrons. The summed E-state index contributed by atoms with van der Waals surface area (Å²) >= 11 is 16.9. The highest BCUT2D eigenvalue weighted by Gasteiger charge is 2.09. The van der Waals surface area contributed by atoms with E-state index in [1.807, 2.05) is 0 Å². The first-order chi connectivity index (χ1) is 12.9. The van der Waals surface area contributed by atoms with Gasteiger partial charge in [0.05, 0.1) is 7.11 Å². The van der Waals surface area contributed by atoms with Crippen molar-refractivity contribution in [1.29, 1.82) is 0 Å². The molecule has 0 aliphatic carbocycles. The molecule has 0 aliphatic rings. The van der Waals surface area contributed by atoms with Crippen LogP contribution in [0.2, 0.25) is 10.0 Å². The van der Waals surface area contributed by atoms with Gasteiger partial charge in [0, 0.05) is 21.7 Å². The zero-order chi connectivity index (χ0) is 19.8. The van der Waals surface area contributed by atoms with Crippen LogP contribution < -0.4 is 26.1 Å². The molecule has 2 aromatic carbocycles. The Morgan fingerprint density at radius 1 is 1.19 bits per heavy atom. The molecular weight excluding hydrogens is 409 g/mol. The van der Waals surface area contributed by atoms with E-state index in [0.717, 1.165) is 5.56 Å². The molecule has 0 unspecified atom stereocenters. The number of rotatable bonds is 6. The Morgan fingerprint density at radius 2 is 1.89 bits per heavy atom. The average Bonchev–Trinajstić information content (AvgIpc) is 2.64. The maximum atomic E-state index is 11.6. The Morgan fingerprint density at radius 3 is 2.52 bits per heavy atom. The SMILES string of the molecule is COc1cc(/C=C/C(=O)NNC(N)=S)ccc1OCc1c(Cl)cccc1Cl. The quantitative estimate of drug-likeness (QED) is 0.373. The maximum Gasteiger partial charge on any atom is 0.262 e. The fourth-order valence-corrected chi connectivity index (χ4v) is 2.62. The molecule has 0 spiro atoms. The molecule has 2 rings (SSSR count). The van der Waals surface area contributed by atoms with Crippen LogP contribution >= 0.6 is 35.4 Å². The van der Waals surface area contributed by atoms with E-state index in [1.54, 1.807) is 42.5 Å². The number of amides is 1. The van der Waals surface area contributed by atoms with Crippen LogP contribution in [0.5, 0.6) is 11.5 Å². The van der Waals surface area contributed by atoms with Gasteiger partial charge in [0.2, 0.25) is 0 Å². The number of carbonyl (C=O) groups is 1. The Bertz CT molecular complexity index is 855. The summed E-state index contributed by atoms with van der Waals surface area (Å²) in [5, 5.41) is 1.02. The van der Waals surface area contributed by atoms with Gasteiger partial charge in [0.15, 0.2) is 16.6 Å². The van der Waals surface area contributed by atoms with E-state index >= 15 is 0 Å². The van der Waals surface area contributed by atoms with Gasteiger partial charge in [-0.25, -0.2) is 0 Å². The van der Waals surface area contributed by atoms with Crippen LogP contribution in [0.25, 0.3) is 6.08 Å². The number of ether oxygens (including phenoxy) is 2. The number of hydrogen-bond donors (Lipinski definition) is 3. The van der Waals surface area contributed by atoms with Crippen molar-refractivity contribution in [3.63, 3.8) is 0 Å². The van der Waals surface area contributed by atoms with E-state index in [-0.39, 0.29) is 11.7 Å². The van der Waals surface area contributed by atoms with Crippen LogP contribution in [-0.4, -0.2) is 18.1 Å². The van der Waals surface area contributed by atoms with E-state index in [1.165, 1.54) is 13.2 Å². The molecule has 0 heterocycles. The van der Waals surface area contributed by atoms with Gasteiger partial charge in [-0.1, -0.05) is 35.3 Å². The molecule has 4 N–H and O–H groups in total. The van der Waals surface area contributed by atoms with Crippen molar-refractivity contribution in [3.8, 4) is 11.5 Å². The number of hydrogen-bond acceptors (Lipinski definition) is 4. The normalized spacial score (nSPS) is 10.5. The lowest BCUT2D eigenvalue weighted by atomic mass is 10.2. The van der Waals surface area contributed by atoms with Gasteiger partial charge in [-0.2, -0.15) is 0 Å². The van der Waals surface area contributed by atoms with Gasteiger partial charge in [0.25, 0.3) is 5.91 Å². The summed E-state index contributed by atoms with van der Waals surface area (Å²) in [5.74, 6) is 0.614. The molecule has 0 bridgehead atoms. The standard InChI is InChI=1S/C18H17Cl2N3O3S/c1-25-16-9-11(6-8-17(24)22-23-18(21)27)5-7-15(16)26-10-12-13(19)3-2-4-14(12)20/h2-9H,10H2,1H3,(H,22,24)(H3,21,23,27)/b8-6+. The number of methoxy groups -OCH3 is 1. The van der Waals surface area contributed by atoms with E-state index in [4.69, 9.17) is 38.4 Å². The van der Waals surface area contributed by atoms with E-state index in [0.29, 0.717) is 27.1 Å². The number of thiocarbonyl (C=S) groups is 1. The average molecular weight is 426 g/mol.